The van der Waals surface area contributed by atoms with Crippen LogP contribution in [0.1, 0.15) is 90.5 Å². The van der Waals surface area contributed by atoms with Gasteiger partial charge >= 0.3 is 5.97 Å². The number of carbonyl (C=O) groups excluding carboxylic acids is 9. The van der Waals surface area contributed by atoms with Gasteiger partial charge < -0.3 is 75.2 Å². The standard InChI is InChI=1S/C41H66N12O12/c1-23(2)21-31(53-35(60)24(3)49-36(61)27(42)22-25-9-11-26(55)12-10-25)40(65)51-28(7-4-5-17-46-33(57)15-16-34(58)59)38(63)50-29(8-6-18-48-41(44)45)39(64)52-30(13-14-32(43)56)37(62)47-19-20-54/h9-12,20,23-24,27-31,55H,4-8,13-19,21-22,42H2,1-3H3,(H2,43,56)(H,46,57)(H,47,62)(H,49,61)(H,50,63)(H,51,65)(H,52,64)(H,53,60)(H,58,59)(H4,44,45,48)/t24-,27-,28-,29-,30-,31-/m0/s1. The fourth-order valence-corrected chi connectivity index (χ4v) is 6.05. The number of rotatable bonds is 32. The molecule has 1 aromatic rings. The third kappa shape index (κ3) is 24.5. The molecule has 8 amide bonds. The summed E-state index contributed by atoms with van der Waals surface area (Å²) < 4.78 is 0. The van der Waals surface area contributed by atoms with E-state index in [1.165, 1.54) is 19.1 Å². The summed E-state index contributed by atoms with van der Waals surface area (Å²) in [6.45, 7) is 4.71. The molecule has 362 valence electrons. The number of amides is 8. The zero-order valence-electron chi connectivity index (χ0n) is 37.1. The van der Waals surface area contributed by atoms with Gasteiger partial charge in [-0.1, -0.05) is 26.0 Å². The van der Waals surface area contributed by atoms with E-state index in [9.17, 15) is 53.1 Å². The Morgan fingerprint density at radius 3 is 1.75 bits per heavy atom. The van der Waals surface area contributed by atoms with Crippen LogP contribution in [0.15, 0.2) is 29.3 Å². The van der Waals surface area contributed by atoms with Crippen LogP contribution in [0, 0.1) is 5.92 Å². The topological polar surface area (TPSA) is 412 Å². The number of hydrogen-bond acceptors (Lipinski definition) is 13. The van der Waals surface area contributed by atoms with E-state index in [0.29, 0.717) is 11.8 Å². The summed E-state index contributed by atoms with van der Waals surface area (Å²) in [4.78, 5) is 130. The number of carboxylic acids is 1. The third-order valence-electron chi connectivity index (χ3n) is 9.51. The zero-order chi connectivity index (χ0) is 49.1. The lowest BCUT2D eigenvalue weighted by atomic mass is 10.0. The SMILES string of the molecule is CC(C)C[C@H](NC(=O)[C@H](C)NC(=O)[C@@H](N)Cc1ccc(O)cc1)C(=O)N[C@@H](CCCCNC(=O)CCC(=O)O)C(=O)N[C@@H](CCCN=C(N)N)C(=O)N[C@@H](CCC(N)=O)C(=O)NCC=O. The van der Waals surface area contributed by atoms with Gasteiger partial charge in [0.2, 0.25) is 47.3 Å². The minimum atomic E-state index is -1.38. The van der Waals surface area contributed by atoms with Crippen molar-refractivity contribution in [3.8, 4) is 5.75 Å². The van der Waals surface area contributed by atoms with Crippen molar-refractivity contribution in [2.45, 2.75) is 128 Å². The summed E-state index contributed by atoms with van der Waals surface area (Å²) in [6, 6.07) is -1.46. The van der Waals surface area contributed by atoms with Gasteiger partial charge in [-0.05, 0) is 81.9 Å². The Morgan fingerprint density at radius 1 is 0.662 bits per heavy atom. The fraction of sp³-hybridized carbons (Fsp3) is 0.585. The van der Waals surface area contributed by atoms with Crippen LogP contribution in [-0.2, 0) is 54.4 Å². The summed E-state index contributed by atoms with van der Waals surface area (Å²) >= 11 is 0. The van der Waals surface area contributed by atoms with Crippen molar-refractivity contribution in [2.75, 3.05) is 19.6 Å². The molecule has 0 aliphatic carbocycles. The van der Waals surface area contributed by atoms with Crippen molar-refractivity contribution in [1.82, 2.24) is 37.2 Å². The molecule has 0 heterocycles. The summed E-state index contributed by atoms with van der Waals surface area (Å²) in [5.74, 6) is -7.51. The minimum Gasteiger partial charge on any atom is -0.508 e. The summed E-state index contributed by atoms with van der Waals surface area (Å²) in [5.41, 5.74) is 22.9. The van der Waals surface area contributed by atoms with Crippen molar-refractivity contribution in [1.29, 1.82) is 0 Å². The number of aliphatic carboxylic acids is 1. The van der Waals surface area contributed by atoms with Gasteiger partial charge in [0.05, 0.1) is 19.0 Å². The number of aromatic hydroxyl groups is 1. The number of phenols is 1. The molecule has 0 aliphatic rings. The molecule has 0 fully saturated rings. The van der Waals surface area contributed by atoms with Crippen molar-refractivity contribution in [3.63, 3.8) is 0 Å². The van der Waals surface area contributed by atoms with E-state index < -0.39 is 96.0 Å². The first-order valence-electron chi connectivity index (χ1n) is 21.2. The van der Waals surface area contributed by atoms with Gasteiger partial charge in [-0.25, -0.2) is 0 Å². The number of benzene rings is 1. The molecule has 24 nitrogen and oxygen atoms in total. The van der Waals surface area contributed by atoms with E-state index in [1.807, 2.05) is 0 Å². The number of carboxylic acid groups (broad SMARTS) is 1. The Kier molecular flexibility index (Phi) is 26.2. The first kappa shape index (κ1) is 56.2. The Balaban J connectivity index is 3.36. The van der Waals surface area contributed by atoms with Crippen molar-refractivity contribution < 1.29 is 58.2 Å². The van der Waals surface area contributed by atoms with Gasteiger partial charge in [0.1, 0.15) is 42.2 Å². The maximum Gasteiger partial charge on any atom is 0.303 e. The number of aliphatic imine (C=N–C) groups is 1. The molecule has 1 aromatic carbocycles. The molecule has 17 N–H and O–H groups in total. The molecule has 0 radical (unpaired) electrons. The predicted octanol–water partition coefficient (Wildman–Crippen LogP) is -3.46. The molecule has 6 atom stereocenters. The monoisotopic (exact) mass is 918 g/mol. The number of nitrogens with two attached hydrogens (primary N) is 4. The summed E-state index contributed by atoms with van der Waals surface area (Å²) in [5, 5.41) is 36.2. The van der Waals surface area contributed by atoms with Crippen LogP contribution in [0.2, 0.25) is 0 Å². The maximum absolute atomic E-state index is 14.1. The minimum absolute atomic E-state index is 0.0328. The van der Waals surface area contributed by atoms with Crippen LogP contribution < -0.4 is 60.2 Å². The van der Waals surface area contributed by atoms with Crippen molar-refractivity contribution in [2.24, 2.45) is 33.8 Å². The van der Waals surface area contributed by atoms with E-state index in [-0.39, 0.29) is 101 Å². The van der Waals surface area contributed by atoms with Crippen LogP contribution in [0.4, 0.5) is 0 Å². The molecular weight excluding hydrogens is 853 g/mol. The average Bonchev–Trinajstić information content (AvgIpc) is 3.23. The molecule has 0 saturated carbocycles. The number of carbonyl (C=O) groups is 10. The lowest BCUT2D eigenvalue weighted by Gasteiger charge is -2.27. The number of unbranched alkanes of at least 4 members (excludes halogenated alkanes) is 1. The van der Waals surface area contributed by atoms with Gasteiger partial charge in [-0.3, -0.25) is 48.1 Å². The molecule has 0 spiro atoms. The quantitative estimate of drug-likeness (QED) is 0.0145. The first-order chi connectivity index (χ1) is 30.6. The summed E-state index contributed by atoms with van der Waals surface area (Å²) in [7, 11) is 0. The number of nitrogens with zero attached hydrogens (tertiary/aromatic N) is 1. The molecule has 0 bridgehead atoms. The molecule has 0 aliphatic heterocycles. The van der Waals surface area contributed by atoms with Gasteiger partial charge in [-0.2, -0.15) is 0 Å². The van der Waals surface area contributed by atoms with Crippen LogP contribution >= 0.6 is 0 Å². The molecule has 24 heteroatoms. The van der Waals surface area contributed by atoms with Crippen molar-refractivity contribution >= 4 is 65.5 Å². The Labute approximate surface area is 377 Å². The fourth-order valence-electron chi connectivity index (χ4n) is 6.05. The average molecular weight is 919 g/mol. The van der Waals surface area contributed by atoms with Gasteiger partial charge in [0.25, 0.3) is 0 Å². The number of phenolic OH excluding ortho intramolecular Hbond substituents is 1. The van der Waals surface area contributed by atoms with Crippen LogP contribution in [0.5, 0.6) is 5.75 Å². The van der Waals surface area contributed by atoms with Gasteiger partial charge in [-0.15, -0.1) is 0 Å². The van der Waals surface area contributed by atoms with Crippen LogP contribution in [-0.4, -0.2) is 132 Å². The van der Waals surface area contributed by atoms with Crippen molar-refractivity contribution in [3.05, 3.63) is 29.8 Å². The number of guanidine groups is 1. The highest BCUT2D eigenvalue weighted by molar-refractivity contribution is 5.97. The molecule has 1 rings (SSSR count). The highest BCUT2D eigenvalue weighted by Crippen LogP contribution is 2.12. The van der Waals surface area contributed by atoms with E-state index in [2.05, 4.69) is 42.2 Å². The van der Waals surface area contributed by atoms with E-state index in [4.69, 9.17) is 28.0 Å². The highest BCUT2D eigenvalue weighted by Gasteiger charge is 2.32. The highest BCUT2D eigenvalue weighted by atomic mass is 16.4. The zero-order valence-corrected chi connectivity index (χ0v) is 37.1. The summed E-state index contributed by atoms with van der Waals surface area (Å²) in [6.07, 6.45) is -0.117. The third-order valence-corrected chi connectivity index (χ3v) is 9.51. The van der Waals surface area contributed by atoms with Gasteiger partial charge in [0.15, 0.2) is 5.96 Å². The normalized spacial score (nSPS) is 13.6. The second kappa shape index (κ2) is 30.3. The second-order valence-electron chi connectivity index (χ2n) is 15.7. The molecule has 0 saturated heterocycles. The molecule has 65 heavy (non-hydrogen) atoms. The van der Waals surface area contributed by atoms with E-state index in [1.54, 1.807) is 26.0 Å². The Bertz CT molecular complexity index is 1810. The van der Waals surface area contributed by atoms with E-state index >= 15 is 0 Å². The first-order valence-corrected chi connectivity index (χ1v) is 21.2. The lowest BCUT2D eigenvalue weighted by molar-refractivity contribution is -0.138. The Morgan fingerprint density at radius 2 is 1.22 bits per heavy atom. The number of nitrogens with one attached hydrogen (secondary N) is 7. The molecular formula is C41H66N12O12. The molecule has 0 aromatic heterocycles. The Hall–Kier alpha value is -6.85. The molecule has 0 unspecified atom stereocenters. The predicted molar refractivity (Wildman–Crippen MR) is 236 cm³/mol. The van der Waals surface area contributed by atoms with Crippen LogP contribution in [0.25, 0.3) is 0 Å². The number of hydrogen-bond donors (Lipinski definition) is 13. The maximum atomic E-state index is 14.1. The number of aldehydes is 1. The van der Waals surface area contributed by atoms with Crippen LogP contribution in [0.3, 0.4) is 0 Å². The van der Waals surface area contributed by atoms with E-state index in [0.717, 1.165) is 0 Å². The largest absolute Gasteiger partial charge is 0.508 e. The number of primary amides is 1. The van der Waals surface area contributed by atoms with Gasteiger partial charge in [0, 0.05) is 25.9 Å². The smallest absolute Gasteiger partial charge is 0.303 e. The second-order valence-corrected chi connectivity index (χ2v) is 15.7. The lowest BCUT2D eigenvalue weighted by Crippen LogP contribution is -2.59.